The molecule has 3 rings (SSSR count). The zero-order valence-corrected chi connectivity index (χ0v) is 17.6. The van der Waals surface area contributed by atoms with Crippen molar-refractivity contribution in [3.05, 3.63) is 0 Å². The van der Waals surface area contributed by atoms with E-state index in [0.29, 0.717) is 19.4 Å². The van der Waals surface area contributed by atoms with Crippen molar-refractivity contribution in [1.29, 1.82) is 0 Å². The van der Waals surface area contributed by atoms with Gasteiger partial charge >= 0.3 is 10.4 Å². The van der Waals surface area contributed by atoms with Crippen LogP contribution in [0.25, 0.3) is 0 Å². The highest BCUT2D eigenvalue weighted by atomic mass is 32.3. The highest BCUT2D eigenvalue weighted by Gasteiger charge is 2.55. The van der Waals surface area contributed by atoms with Gasteiger partial charge in [0.2, 0.25) is 0 Å². The molecule has 0 saturated carbocycles. The number of fused-ring (bicyclic) bond motifs is 2. The van der Waals surface area contributed by atoms with Crippen molar-refractivity contribution >= 4 is 10.4 Å². The maximum Gasteiger partial charge on any atom is 0.397 e. The topological polar surface area (TPSA) is 170 Å². The van der Waals surface area contributed by atoms with E-state index in [2.05, 4.69) is 4.18 Å². The van der Waals surface area contributed by atoms with Gasteiger partial charge in [-0.05, 0) is 13.3 Å². The van der Waals surface area contributed by atoms with Gasteiger partial charge in [0.05, 0.1) is 13.2 Å². The van der Waals surface area contributed by atoms with Crippen LogP contribution in [-0.4, -0.2) is 103 Å². The molecule has 0 amide bonds. The van der Waals surface area contributed by atoms with Crippen molar-refractivity contribution in [1.82, 2.24) is 0 Å². The van der Waals surface area contributed by atoms with Gasteiger partial charge in [-0.3, -0.25) is 4.55 Å². The summed E-state index contributed by atoms with van der Waals surface area (Å²) in [5.74, 6) is -0.808. The van der Waals surface area contributed by atoms with Crippen LogP contribution in [0, 0.1) is 5.92 Å². The molecule has 3 aliphatic rings. The zero-order chi connectivity index (χ0) is 22.1. The van der Waals surface area contributed by atoms with Crippen molar-refractivity contribution in [2.24, 2.45) is 5.92 Å². The molecular formula is C17H30O12S. The van der Waals surface area contributed by atoms with Crippen molar-refractivity contribution < 1.29 is 56.2 Å². The summed E-state index contributed by atoms with van der Waals surface area (Å²) in [6.07, 6.45) is -8.32. The molecule has 4 unspecified atom stereocenters. The fourth-order valence-electron chi connectivity index (χ4n) is 4.25. The largest absolute Gasteiger partial charge is 0.397 e. The molecule has 10 atom stereocenters. The van der Waals surface area contributed by atoms with Crippen LogP contribution in [0.15, 0.2) is 0 Å². The van der Waals surface area contributed by atoms with Gasteiger partial charge in [0.1, 0.15) is 42.7 Å². The van der Waals surface area contributed by atoms with Gasteiger partial charge in [-0.2, -0.15) is 8.42 Å². The smallest absolute Gasteiger partial charge is 0.394 e. The third kappa shape index (κ3) is 5.13. The Morgan fingerprint density at radius 2 is 1.80 bits per heavy atom. The fraction of sp³-hybridized carbons (Fsp3) is 1.00. The molecule has 2 bridgehead atoms. The molecule has 3 fully saturated rings. The lowest BCUT2D eigenvalue weighted by Gasteiger charge is -2.45. The van der Waals surface area contributed by atoms with Crippen LogP contribution >= 0.6 is 0 Å². The van der Waals surface area contributed by atoms with Crippen LogP contribution < -0.4 is 0 Å². The van der Waals surface area contributed by atoms with Gasteiger partial charge in [-0.15, -0.1) is 0 Å². The van der Waals surface area contributed by atoms with Crippen LogP contribution in [0.1, 0.15) is 26.7 Å². The van der Waals surface area contributed by atoms with E-state index >= 15 is 0 Å². The molecule has 3 heterocycles. The van der Waals surface area contributed by atoms with Crippen LogP contribution in [0.3, 0.4) is 0 Å². The molecule has 30 heavy (non-hydrogen) atoms. The number of aliphatic hydroxyl groups excluding tert-OH is 3. The van der Waals surface area contributed by atoms with Gasteiger partial charge in [-0.1, -0.05) is 13.3 Å². The van der Waals surface area contributed by atoms with Crippen molar-refractivity contribution in [2.45, 2.75) is 82.0 Å². The second-order valence-corrected chi connectivity index (χ2v) is 8.59. The summed E-state index contributed by atoms with van der Waals surface area (Å²) < 4.78 is 64.3. The summed E-state index contributed by atoms with van der Waals surface area (Å²) in [4.78, 5) is 0. The Morgan fingerprint density at radius 1 is 1.07 bits per heavy atom. The maximum absolute atomic E-state index is 11.2. The zero-order valence-electron chi connectivity index (χ0n) is 16.8. The van der Waals surface area contributed by atoms with E-state index in [1.807, 2.05) is 6.92 Å². The summed E-state index contributed by atoms with van der Waals surface area (Å²) in [6.45, 7) is 3.44. The second kappa shape index (κ2) is 10.0. The summed E-state index contributed by atoms with van der Waals surface area (Å²) in [7, 11) is -4.84. The summed E-state index contributed by atoms with van der Waals surface area (Å²) in [5, 5.41) is 30.9. The number of aliphatic hydroxyl groups is 3. The second-order valence-electron chi connectivity index (χ2n) is 7.54. The average molecular weight is 458 g/mol. The van der Waals surface area contributed by atoms with Crippen LogP contribution in [0.5, 0.6) is 0 Å². The Balaban J connectivity index is 1.75. The first-order valence-corrected chi connectivity index (χ1v) is 11.4. The SMILES string of the molecule is CCC[C@@H]1C(O)[C@H](O[C@H]2C3COC2[C@H](O)[C@@H](OCC)O3)OC(CO)[C@@H]1OS(=O)(=O)O. The number of rotatable bonds is 9. The number of ether oxygens (including phenoxy) is 5. The van der Waals surface area contributed by atoms with E-state index in [0.717, 1.165) is 0 Å². The minimum absolute atomic E-state index is 0.148. The highest BCUT2D eigenvalue weighted by Crippen LogP contribution is 2.37. The summed E-state index contributed by atoms with van der Waals surface area (Å²) in [5.41, 5.74) is 0. The van der Waals surface area contributed by atoms with Crippen LogP contribution in [0.2, 0.25) is 0 Å². The van der Waals surface area contributed by atoms with Crippen molar-refractivity contribution in [3.8, 4) is 0 Å². The molecule has 0 radical (unpaired) electrons. The van der Waals surface area contributed by atoms with E-state index in [9.17, 15) is 23.7 Å². The summed E-state index contributed by atoms with van der Waals surface area (Å²) >= 11 is 0. The van der Waals surface area contributed by atoms with E-state index < -0.39 is 78.2 Å². The van der Waals surface area contributed by atoms with E-state index in [1.54, 1.807) is 6.92 Å². The first kappa shape index (κ1) is 24.2. The van der Waals surface area contributed by atoms with E-state index in [4.69, 9.17) is 28.2 Å². The Labute approximate surface area is 174 Å². The third-order valence-corrected chi connectivity index (χ3v) is 6.00. The molecule has 0 aromatic rings. The number of hydrogen-bond donors (Lipinski definition) is 4. The molecule has 0 aromatic carbocycles. The highest BCUT2D eigenvalue weighted by molar-refractivity contribution is 7.80. The van der Waals surface area contributed by atoms with E-state index in [-0.39, 0.29) is 6.61 Å². The molecule has 12 nitrogen and oxygen atoms in total. The molecule has 3 aliphatic heterocycles. The molecule has 0 aliphatic carbocycles. The molecule has 3 saturated heterocycles. The average Bonchev–Trinajstić information content (AvgIpc) is 2.98. The van der Waals surface area contributed by atoms with Gasteiger partial charge in [0.25, 0.3) is 0 Å². The predicted molar refractivity (Wildman–Crippen MR) is 97.5 cm³/mol. The minimum Gasteiger partial charge on any atom is -0.394 e. The Bertz CT molecular complexity index is 659. The first-order valence-electron chi connectivity index (χ1n) is 10.0. The summed E-state index contributed by atoms with van der Waals surface area (Å²) in [6, 6.07) is 0. The Kier molecular flexibility index (Phi) is 8.07. The fourth-order valence-corrected chi connectivity index (χ4v) is 4.80. The quantitative estimate of drug-likeness (QED) is 0.298. The lowest BCUT2D eigenvalue weighted by Crippen LogP contribution is -2.61. The van der Waals surface area contributed by atoms with E-state index in [1.165, 1.54) is 0 Å². The normalized spacial score (nSPS) is 44.3. The third-order valence-electron chi connectivity index (χ3n) is 5.54. The van der Waals surface area contributed by atoms with Gasteiger partial charge in [0, 0.05) is 12.5 Å². The van der Waals surface area contributed by atoms with Crippen LogP contribution in [0.4, 0.5) is 0 Å². The molecule has 13 heteroatoms. The Morgan fingerprint density at radius 3 is 2.40 bits per heavy atom. The minimum atomic E-state index is -4.84. The van der Waals surface area contributed by atoms with Crippen LogP contribution in [-0.2, 0) is 38.3 Å². The molecular weight excluding hydrogens is 428 g/mol. The Hall–Kier alpha value is -0.450. The molecule has 176 valence electrons. The molecule has 0 spiro atoms. The van der Waals surface area contributed by atoms with Gasteiger partial charge < -0.3 is 39.0 Å². The molecule has 4 N–H and O–H groups in total. The first-order chi connectivity index (χ1) is 14.2. The number of hydrogen-bond acceptors (Lipinski definition) is 11. The van der Waals surface area contributed by atoms with Crippen molar-refractivity contribution in [2.75, 3.05) is 19.8 Å². The maximum atomic E-state index is 11.2. The lowest BCUT2D eigenvalue weighted by molar-refractivity contribution is -0.332. The van der Waals surface area contributed by atoms with Gasteiger partial charge in [0.15, 0.2) is 12.6 Å². The standard InChI is InChI=1S/C17H30O12S/c1-3-5-8-11(19)17(26-9(6-18)13(8)29-30(21,22)23)28-14-10-7-25-15(14)12(20)16(27-10)24-4-2/h8-20H,3-7H2,1-2H3,(H,21,22,23)/t8-,9?,10?,11?,12+,13-,14+,15?,16+,17+/m1/s1. The molecule has 0 aromatic heterocycles. The van der Waals surface area contributed by atoms with Gasteiger partial charge in [-0.25, -0.2) is 4.18 Å². The van der Waals surface area contributed by atoms with Crippen molar-refractivity contribution in [3.63, 3.8) is 0 Å². The predicted octanol–water partition coefficient (Wildman–Crippen LogP) is -1.42. The lowest BCUT2D eigenvalue weighted by atomic mass is 9.85. The monoisotopic (exact) mass is 458 g/mol.